The summed E-state index contributed by atoms with van der Waals surface area (Å²) in [7, 11) is 0. The minimum Gasteiger partial charge on any atom is -0.366 e. The Morgan fingerprint density at radius 1 is 1.06 bits per heavy atom. The topological polar surface area (TPSA) is 101 Å². The second-order valence-corrected chi connectivity index (χ2v) is 8.15. The van der Waals surface area contributed by atoms with Crippen LogP contribution in [0.1, 0.15) is 46.7 Å². The molecule has 34 heavy (non-hydrogen) atoms. The molecule has 1 aliphatic heterocycles. The van der Waals surface area contributed by atoms with Gasteiger partial charge < -0.3 is 10.6 Å². The Bertz CT molecular complexity index is 1070. The predicted molar refractivity (Wildman–Crippen MR) is 116 cm³/mol. The highest BCUT2D eigenvalue weighted by Crippen LogP contribution is 2.29. The van der Waals surface area contributed by atoms with E-state index >= 15 is 0 Å². The van der Waals surface area contributed by atoms with Gasteiger partial charge in [0, 0.05) is 25.1 Å². The van der Waals surface area contributed by atoms with Crippen molar-refractivity contribution in [1.82, 2.24) is 9.80 Å². The molecule has 7 nitrogen and oxygen atoms in total. The van der Waals surface area contributed by atoms with Crippen LogP contribution in [0.2, 0.25) is 0 Å². The first kappa shape index (κ1) is 24.9. The summed E-state index contributed by atoms with van der Waals surface area (Å²) in [6.45, 7) is -2.32. The Morgan fingerprint density at radius 2 is 1.76 bits per heavy atom. The average Bonchev–Trinajstić information content (AvgIpc) is 2.99. The van der Waals surface area contributed by atoms with Gasteiger partial charge in [-0.05, 0) is 42.0 Å². The number of likely N-dealkylation sites (tertiary alicyclic amines) is 1. The number of benzene rings is 2. The number of nitrogens with two attached hydrogens (primary N) is 1. The molecule has 4 amide bonds. The Balaban J connectivity index is 1.78. The number of hydrogen-bond acceptors (Lipinski definition) is 4. The molecule has 180 valence electrons. The molecule has 1 heterocycles. The molecule has 0 bridgehead atoms. The Hall–Kier alpha value is -3.69. The van der Waals surface area contributed by atoms with Gasteiger partial charge in [0.25, 0.3) is 0 Å². The number of alkyl halides is 3. The zero-order valence-corrected chi connectivity index (χ0v) is 18.3. The summed E-state index contributed by atoms with van der Waals surface area (Å²) in [5.41, 5.74) is 6.37. The van der Waals surface area contributed by atoms with Crippen LogP contribution in [0.5, 0.6) is 0 Å². The quantitative estimate of drug-likeness (QED) is 0.672. The molecule has 0 aromatic heterocycles. The lowest BCUT2D eigenvalue weighted by Gasteiger charge is -2.26. The summed E-state index contributed by atoms with van der Waals surface area (Å²) in [6, 6.07) is 14.7. The van der Waals surface area contributed by atoms with E-state index in [4.69, 9.17) is 5.73 Å². The van der Waals surface area contributed by atoms with Gasteiger partial charge in [-0.15, -0.1) is 0 Å². The van der Waals surface area contributed by atoms with Crippen LogP contribution in [0.15, 0.2) is 54.6 Å². The van der Waals surface area contributed by atoms with E-state index in [1.54, 1.807) is 0 Å². The zero-order valence-electron chi connectivity index (χ0n) is 18.3. The zero-order chi connectivity index (χ0) is 24.9. The van der Waals surface area contributed by atoms with Gasteiger partial charge in [0.05, 0.1) is 0 Å². The lowest BCUT2D eigenvalue weighted by molar-refractivity contribution is -0.169. The monoisotopic (exact) mass is 475 g/mol. The van der Waals surface area contributed by atoms with Crippen molar-refractivity contribution in [3.8, 4) is 0 Å². The summed E-state index contributed by atoms with van der Waals surface area (Å²) >= 11 is 0. The summed E-state index contributed by atoms with van der Waals surface area (Å²) in [4.78, 5) is 51.0. The van der Waals surface area contributed by atoms with Gasteiger partial charge in [-0.1, -0.05) is 42.5 Å². The first-order valence-corrected chi connectivity index (χ1v) is 10.7. The minimum absolute atomic E-state index is 0.0248. The van der Waals surface area contributed by atoms with Crippen molar-refractivity contribution in [2.24, 2.45) is 5.73 Å². The molecule has 1 aliphatic rings. The van der Waals surface area contributed by atoms with Gasteiger partial charge in [-0.2, -0.15) is 13.2 Å². The SMILES string of the molecule is NC(=O)c1cccc(CN(CC(F)(F)F)C(=O)C(=O)N2CCCC(c3ccccc3)CC2=O)c1. The Kier molecular flexibility index (Phi) is 7.70. The molecule has 1 saturated heterocycles. The number of rotatable bonds is 5. The molecule has 3 rings (SSSR count). The molecule has 10 heteroatoms. The standard InChI is InChI=1S/C24H24F3N3O4/c25-24(26,27)15-29(14-16-6-4-9-19(12-16)21(28)32)22(33)23(34)30-11-5-10-18(13-20(30)31)17-7-2-1-3-8-17/h1-4,6-9,12,18H,5,10-11,13-15H2,(H2,28,32). The highest BCUT2D eigenvalue weighted by molar-refractivity contribution is 6.37. The van der Waals surface area contributed by atoms with E-state index in [9.17, 15) is 32.3 Å². The van der Waals surface area contributed by atoms with E-state index in [2.05, 4.69) is 0 Å². The number of amides is 4. The van der Waals surface area contributed by atoms with Crippen molar-refractivity contribution in [2.45, 2.75) is 37.9 Å². The van der Waals surface area contributed by atoms with Crippen LogP contribution < -0.4 is 5.73 Å². The van der Waals surface area contributed by atoms with E-state index in [1.807, 2.05) is 30.3 Å². The smallest absolute Gasteiger partial charge is 0.366 e. The van der Waals surface area contributed by atoms with Gasteiger partial charge in [0.15, 0.2) is 0 Å². The number of nitrogens with zero attached hydrogens (tertiary/aromatic N) is 2. The van der Waals surface area contributed by atoms with Gasteiger partial charge in [0.1, 0.15) is 6.54 Å². The second-order valence-electron chi connectivity index (χ2n) is 8.15. The molecule has 1 atom stereocenters. The third-order valence-corrected chi connectivity index (χ3v) is 5.60. The molecular formula is C24H24F3N3O4. The van der Waals surface area contributed by atoms with Crippen LogP contribution in [0.25, 0.3) is 0 Å². The van der Waals surface area contributed by atoms with Crippen LogP contribution in [-0.2, 0) is 20.9 Å². The fourth-order valence-electron chi connectivity index (χ4n) is 3.98. The molecule has 0 saturated carbocycles. The number of halogens is 3. The van der Waals surface area contributed by atoms with E-state index < -0.39 is 42.9 Å². The summed E-state index contributed by atoms with van der Waals surface area (Å²) in [6.07, 6.45) is -3.79. The lowest BCUT2D eigenvalue weighted by atomic mass is 9.92. The third-order valence-electron chi connectivity index (χ3n) is 5.60. The molecule has 2 N–H and O–H groups in total. The normalized spacial score (nSPS) is 16.6. The summed E-state index contributed by atoms with van der Waals surface area (Å²) in [5.74, 6) is -4.27. The molecule has 1 fully saturated rings. The van der Waals surface area contributed by atoms with Crippen LogP contribution in [0, 0.1) is 0 Å². The van der Waals surface area contributed by atoms with Crippen molar-refractivity contribution in [1.29, 1.82) is 0 Å². The maximum Gasteiger partial charge on any atom is 0.406 e. The van der Waals surface area contributed by atoms with Crippen molar-refractivity contribution in [3.63, 3.8) is 0 Å². The fraction of sp³-hybridized carbons (Fsp3) is 0.333. The summed E-state index contributed by atoms with van der Waals surface area (Å²) < 4.78 is 39.6. The van der Waals surface area contributed by atoms with Crippen LogP contribution in [0.3, 0.4) is 0 Å². The molecule has 2 aromatic rings. The number of carbonyl (C=O) groups is 4. The summed E-state index contributed by atoms with van der Waals surface area (Å²) in [5, 5.41) is 0. The van der Waals surface area contributed by atoms with Gasteiger partial charge >= 0.3 is 18.0 Å². The molecule has 0 radical (unpaired) electrons. The highest BCUT2D eigenvalue weighted by atomic mass is 19.4. The number of carbonyl (C=O) groups excluding carboxylic acids is 4. The lowest BCUT2D eigenvalue weighted by Crippen LogP contribution is -2.49. The highest BCUT2D eigenvalue weighted by Gasteiger charge is 2.39. The van der Waals surface area contributed by atoms with Gasteiger partial charge in [0.2, 0.25) is 11.8 Å². The molecule has 1 unspecified atom stereocenters. The van der Waals surface area contributed by atoms with Gasteiger partial charge in [-0.3, -0.25) is 24.1 Å². The van der Waals surface area contributed by atoms with Crippen molar-refractivity contribution >= 4 is 23.6 Å². The minimum atomic E-state index is -4.78. The van der Waals surface area contributed by atoms with Crippen LogP contribution in [0.4, 0.5) is 13.2 Å². The molecule has 2 aromatic carbocycles. The average molecular weight is 475 g/mol. The maximum atomic E-state index is 13.2. The molecule has 0 spiro atoms. The first-order chi connectivity index (χ1) is 16.0. The number of imide groups is 1. The molecular weight excluding hydrogens is 451 g/mol. The predicted octanol–water partition coefficient (Wildman–Crippen LogP) is 3.00. The van der Waals surface area contributed by atoms with E-state index in [0.717, 1.165) is 10.5 Å². The number of primary amides is 1. The second kappa shape index (κ2) is 10.5. The van der Waals surface area contributed by atoms with Gasteiger partial charge in [-0.25, -0.2) is 0 Å². The van der Waals surface area contributed by atoms with Crippen LogP contribution in [-0.4, -0.2) is 52.7 Å². The van der Waals surface area contributed by atoms with E-state index in [-0.39, 0.29) is 30.0 Å². The van der Waals surface area contributed by atoms with E-state index in [1.165, 1.54) is 24.3 Å². The maximum absolute atomic E-state index is 13.2. The van der Waals surface area contributed by atoms with Crippen molar-refractivity contribution in [2.75, 3.05) is 13.1 Å². The third kappa shape index (κ3) is 6.43. The molecule has 0 aliphatic carbocycles. The number of hydrogen-bond donors (Lipinski definition) is 1. The first-order valence-electron chi connectivity index (χ1n) is 10.7. The largest absolute Gasteiger partial charge is 0.406 e. The Morgan fingerprint density at radius 3 is 2.41 bits per heavy atom. The van der Waals surface area contributed by atoms with Crippen molar-refractivity contribution < 1.29 is 32.3 Å². The Labute approximate surface area is 194 Å². The fourth-order valence-corrected chi connectivity index (χ4v) is 3.98. The van der Waals surface area contributed by atoms with Crippen molar-refractivity contribution in [3.05, 3.63) is 71.3 Å². The van der Waals surface area contributed by atoms with E-state index in [0.29, 0.717) is 17.7 Å². The van der Waals surface area contributed by atoms with Crippen LogP contribution >= 0.6 is 0 Å².